The minimum Gasteiger partial charge on any atom is -0.507 e. The van der Waals surface area contributed by atoms with Gasteiger partial charge in [-0.3, -0.25) is 9.89 Å². The number of aromatic amines is 1. The van der Waals surface area contributed by atoms with Crippen LogP contribution in [0.2, 0.25) is 0 Å². The van der Waals surface area contributed by atoms with E-state index in [4.69, 9.17) is 0 Å². The molecule has 8 heteroatoms. The molecule has 0 saturated carbocycles. The molecular weight excluding hydrogens is 263 g/mol. The number of carbonyl (C=O) groups is 1. The van der Waals surface area contributed by atoms with Crippen LogP contribution in [0.4, 0.5) is 19.0 Å². The van der Waals surface area contributed by atoms with Gasteiger partial charge in [-0.05, 0) is 12.1 Å². The van der Waals surface area contributed by atoms with E-state index in [2.05, 4.69) is 10.4 Å². The smallest absolute Gasteiger partial charge is 0.432 e. The summed E-state index contributed by atoms with van der Waals surface area (Å²) in [7, 11) is 0. The average Bonchev–Trinajstić information content (AvgIpc) is 2.77. The van der Waals surface area contributed by atoms with Crippen molar-refractivity contribution in [2.75, 3.05) is 5.32 Å². The number of phenolic OH excluding ortho intramolecular Hbond substituents is 1. The summed E-state index contributed by atoms with van der Waals surface area (Å²) in [6.07, 6.45) is -4.56. The lowest BCUT2D eigenvalue weighted by Crippen LogP contribution is -2.12. The predicted octanol–water partition coefficient (Wildman–Crippen LogP) is 2.39. The van der Waals surface area contributed by atoms with Crippen LogP contribution in [0.3, 0.4) is 0 Å². The predicted molar refractivity (Wildman–Crippen MR) is 59.6 cm³/mol. The maximum atomic E-state index is 12.3. The molecule has 0 atom stereocenters. The zero-order valence-corrected chi connectivity index (χ0v) is 9.32. The normalized spacial score (nSPS) is 11.3. The molecule has 1 heterocycles. The van der Waals surface area contributed by atoms with Gasteiger partial charge in [0.05, 0.1) is 5.56 Å². The number of carbonyl (C=O) groups excluding carboxylic acids is 1. The van der Waals surface area contributed by atoms with Gasteiger partial charge in [-0.25, -0.2) is 0 Å². The highest BCUT2D eigenvalue weighted by Crippen LogP contribution is 2.29. The molecule has 1 amide bonds. The van der Waals surface area contributed by atoms with E-state index in [1.54, 1.807) is 5.10 Å². The van der Waals surface area contributed by atoms with Gasteiger partial charge in [0.2, 0.25) is 0 Å². The third-order valence-electron chi connectivity index (χ3n) is 2.27. The lowest BCUT2D eigenvalue weighted by Gasteiger charge is -2.03. The monoisotopic (exact) mass is 271 g/mol. The molecule has 19 heavy (non-hydrogen) atoms. The lowest BCUT2D eigenvalue weighted by molar-refractivity contribution is -0.141. The number of rotatable bonds is 2. The first kappa shape index (κ1) is 12.9. The second-order valence-corrected chi connectivity index (χ2v) is 3.64. The maximum Gasteiger partial charge on any atom is 0.432 e. The Kier molecular flexibility index (Phi) is 3.16. The fourth-order valence-corrected chi connectivity index (χ4v) is 1.38. The zero-order valence-electron chi connectivity index (χ0n) is 9.32. The number of aromatic nitrogens is 2. The Balaban J connectivity index is 2.16. The fourth-order valence-electron chi connectivity index (χ4n) is 1.38. The summed E-state index contributed by atoms with van der Waals surface area (Å²) in [6, 6.07) is 6.32. The van der Waals surface area contributed by atoms with Crippen molar-refractivity contribution in [3.05, 3.63) is 41.6 Å². The van der Waals surface area contributed by atoms with Crippen molar-refractivity contribution in [2.45, 2.75) is 6.18 Å². The van der Waals surface area contributed by atoms with Crippen LogP contribution >= 0.6 is 0 Å². The van der Waals surface area contributed by atoms with Crippen molar-refractivity contribution in [1.29, 1.82) is 0 Å². The van der Waals surface area contributed by atoms with Crippen molar-refractivity contribution in [3.8, 4) is 5.75 Å². The number of phenols is 1. The third-order valence-corrected chi connectivity index (χ3v) is 2.27. The van der Waals surface area contributed by atoms with Crippen molar-refractivity contribution >= 4 is 11.7 Å². The van der Waals surface area contributed by atoms with E-state index in [9.17, 15) is 23.1 Å². The molecule has 0 aliphatic rings. The molecule has 2 rings (SSSR count). The van der Waals surface area contributed by atoms with E-state index < -0.39 is 17.8 Å². The van der Waals surface area contributed by atoms with E-state index >= 15 is 0 Å². The number of benzene rings is 1. The lowest BCUT2D eigenvalue weighted by atomic mass is 10.2. The molecule has 3 N–H and O–H groups in total. The van der Waals surface area contributed by atoms with Gasteiger partial charge in [0.15, 0.2) is 5.82 Å². The van der Waals surface area contributed by atoms with E-state index in [-0.39, 0.29) is 17.1 Å². The molecule has 1 aromatic heterocycles. The van der Waals surface area contributed by atoms with Gasteiger partial charge >= 0.3 is 6.18 Å². The highest BCUT2D eigenvalue weighted by Gasteiger charge is 2.33. The van der Waals surface area contributed by atoms with E-state index in [0.29, 0.717) is 6.07 Å². The van der Waals surface area contributed by atoms with E-state index in [0.717, 1.165) is 0 Å². The Bertz CT molecular complexity index is 607. The minimum atomic E-state index is -4.56. The van der Waals surface area contributed by atoms with Crippen LogP contribution in [0.5, 0.6) is 5.75 Å². The van der Waals surface area contributed by atoms with Crippen molar-refractivity contribution < 1.29 is 23.1 Å². The summed E-state index contributed by atoms with van der Waals surface area (Å²) in [6.45, 7) is 0. The Hall–Kier alpha value is -2.51. The van der Waals surface area contributed by atoms with Gasteiger partial charge in [0, 0.05) is 6.07 Å². The molecule has 0 aliphatic heterocycles. The molecule has 0 fully saturated rings. The van der Waals surface area contributed by atoms with Crippen molar-refractivity contribution in [1.82, 2.24) is 10.2 Å². The van der Waals surface area contributed by atoms with Gasteiger partial charge in [0.1, 0.15) is 11.4 Å². The number of amides is 1. The number of halogens is 3. The number of hydrogen-bond donors (Lipinski definition) is 3. The van der Waals surface area contributed by atoms with Gasteiger partial charge in [-0.2, -0.15) is 18.3 Å². The summed E-state index contributed by atoms with van der Waals surface area (Å²) in [5.74, 6) is -1.30. The van der Waals surface area contributed by atoms with E-state index in [1.807, 2.05) is 0 Å². The summed E-state index contributed by atoms with van der Waals surface area (Å²) in [4.78, 5) is 11.7. The van der Waals surface area contributed by atoms with Crippen LogP contribution in [0.25, 0.3) is 0 Å². The molecule has 2 aromatic rings. The van der Waals surface area contributed by atoms with Gasteiger partial charge in [-0.1, -0.05) is 12.1 Å². The average molecular weight is 271 g/mol. The number of nitrogens with zero attached hydrogens (tertiary/aromatic N) is 1. The van der Waals surface area contributed by atoms with Crippen LogP contribution in [-0.2, 0) is 6.18 Å². The largest absolute Gasteiger partial charge is 0.507 e. The molecule has 100 valence electrons. The Morgan fingerprint density at radius 3 is 2.58 bits per heavy atom. The molecule has 5 nitrogen and oxygen atoms in total. The van der Waals surface area contributed by atoms with Crippen LogP contribution in [0, 0.1) is 0 Å². The molecule has 1 aromatic carbocycles. The number of H-pyrrole nitrogens is 1. The second-order valence-electron chi connectivity index (χ2n) is 3.64. The molecule has 0 unspecified atom stereocenters. The molecule has 0 aliphatic carbocycles. The SMILES string of the molecule is O=C(Nc1cc(C(F)(F)F)[nH]n1)c1ccccc1O. The quantitative estimate of drug-likeness (QED) is 0.784. The summed E-state index contributed by atoms with van der Waals surface area (Å²) in [5.41, 5.74) is -1.13. The number of aromatic hydroxyl groups is 1. The summed E-state index contributed by atoms with van der Waals surface area (Å²) >= 11 is 0. The molecule has 0 radical (unpaired) electrons. The van der Waals surface area contributed by atoms with Gasteiger partial charge in [0.25, 0.3) is 5.91 Å². The summed E-state index contributed by atoms with van der Waals surface area (Å²) < 4.78 is 36.9. The third kappa shape index (κ3) is 2.84. The highest BCUT2D eigenvalue weighted by molar-refractivity contribution is 6.05. The first-order valence-electron chi connectivity index (χ1n) is 5.10. The number of nitrogens with one attached hydrogen (secondary N) is 2. The van der Waals surface area contributed by atoms with Gasteiger partial charge in [-0.15, -0.1) is 0 Å². The maximum absolute atomic E-state index is 12.3. The van der Waals surface area contributed by atoms with Crippen molar-refractivity contribution in [2.24, 2.45) is 0 Å². The second kappa shape index (κ2) is 4.63. The van der Waals surface area contributed by atoms with Crippen LogP contribution in [0.15, 0.2) is 30.3 Å². The van der Waals surface area contributed by atoms with Crippen LogP contribution < -0.4 is 5.32 Å². The number of alkyl halides is 3. The van der Waals surface area contributed by atoms with Gasteiger partial charge < -0.3 is 10.4 Å². The standard InChI is InChI=1S/C11H8F3N3O2/c12-11(13,14)8-5-9(17-16-8)15-10(19)6-3-1-2-4-7(6)18/h1-5,18H,(H2,15,16,17,19). The molecule has 0 spiro atoms. The van der Waals surface area contributed by atoms with Crippen LogP contribution in [0.1, 0.15) is 16.1 Å². The Morgan fingerprint density at radius 1 is 1.32 bits per heavy atom. The highest BCUT2D eigenvalue weighted by atomic mass is 19.4. The van der Waals surface area contributed by atoms with E-state index in [1.165, 1.54) is 24.3 Å². The van der Waals surface area contributed by atoms with Crippen LogP contribution in [-0.4, -0.2) is 21.2 Å². The van der Waals surface area contributed by atoms with Crippen molar-refractivity contribution in [3.63, 3.8) is 0 Å². The Morgan fingerprint density at radius 2 is 2.00 bits per heavy atom. The first-order chi connectivity index (χ1) is 8.88. The number of hydrogen-bond acceptors (Lipinski definition) is 3. The molecule has 0 saturated heterocycles. The zero-order chi connectivity index (χ0) is 14.0. The minimum absolute atomic E-state index is 0.0564. The molecule has 0 bridgehead atoms. The fraction of sp³-hybridized carbons (Fsp3) is 0.0909. The topological polar surface area (TPSA) is 78.0 Å². The molecular formula is C11H8F3N3O2. The Labute approximate surface area is 105 Å². The number of para-hydroxylation sites is 1. The number of anilines is 1. The summed E-state index contributed by atoms with van der Waals surface area (Å²) in [5, 5.41) is 16.7. The first-order valence-corrected chi connectivity index (χ1v) is 5.10.